The molecule has 0 radical (unpaired) electrons. The van der Waals surface area contributed by atoms with E-state index in [4.69, 9.17) is 14.9 Å². The van der Waals surface area contributed by atoms with Crippen molar-refractivity contribution < 1.29 is 33.5 Å². The van der Waals surface area contributed by atoms with Crippen molar-refractivity contribution in [1.82, 2.24) is 0 Å². The predicted molar refractivity (Wildman–Crippen MR) is 38.5 cm³/mol. The van der Waals surface area contributed by atoms with Crippen LogP contribution in [0.5, 0.6) is 0 Å². The standard InChI is InChI=1S/C5H9O7P/c6-3-1-5(7)12-4(3)2-11-13(8,9)10/h3-4,6H,1-2H2,(H2,8,9,10)/t3-,4+/m0/s1. The Morgan fingerprint density at radius 3 is 2.62 bits per heavy atom. The van der Waals surface area contributed by atoms with Crippen LogP contribution >= 0.6 is 7.82 Å². The maximum Gasteiger partial charge on any atom is 0.469 e. The fourth-order valence-corrected chi connectivity index (χ4v) is 1.25. The average Bonchev–Trinajstić information content (AvgIpc) is 2.24. The van der Waals surface area contributed by atoms with Crippen molar-refractivity contribution in [3.63, 3.8) is 0 Å². The molecule has 1 aliphatic heterocycles. The minimum Gasteiger partial charge on any atom is -0.457 e. The fourth-order valence-electron chi connectivity index (χ4n) is 0.913. The molecule has 1 rings (SSSR count). The van der Waals surface area contributed by atoms with E-state index in [-0.39, 0.29) is 6.42 Å². The maximum atomic E-state index is 10.6. The van der Waals surface area contributed by atoms with Crippen molar-refractivity contribution in [3.05, 3.63) is 0 Å². The lowest BCUT2D eigenvalue weighted by Crippen LogP contribution is -2.25. The summed E-state index contributed by atoms with van der Waals surface area (Å²) in [5.74, 6) is -0.605. The summed E-state index contributed by atoms with van der Waals surface area (Å²) in [6.45, 7) is -0.503. The van der Waals surface area contributed by atoms with Gasteiger partial charge in [-0.1, -0.05) is 0 Å². The van der Waals surface area contributed by atoms with Gasteiger partial charge in [0.05, 0.1) is 13.0 Å². The third-order valence-corrected chi connectivity index (χ3v) is 1.98. The first-order valence-corrected chi connectivity index (χ1v) is 4.99. The third kappa shape index (κ3) is 3.41. The minimum absolute atomic E-state index is 0.171. The zero-order valence-corrected chi connectivity index (χ0v) is 7.39. The van der Waals surface area contributed by atoms with E-state index in [0.29, 0.717) is 0 Å². The van der Waals surface area contributed by atoms with Crippen LogP contribution in [-0.2, 0) is 18.6 Å². The summed E-state index contributed by atoms with van der Waals surface area (Å²) in [6.07, 6.45) is -2.21. The Hall–Kier alpha value is -0.460. The first-order chi connectivity index (χ1) is 5.88. The van der Waals surface area contributed by atoms with E-state index in [1.807, 2.05) is 0 Å². The van der Waals surface area contributed by atoms with Gasteiger partial charge in [-0.3, -0.25) is 9.32 Å². The second-order valence-corrected chi connectivity index (χ2v) is 3.83. The van der Waals surface area contributed by atoms with E-state index >= 15 is 0 Å². The van der Waals surface area contributed by atoms with Gasteiger partial charge in [0.1, 0.15) is 6.10 Å². The van der Waals surface area contributed by atoms with Crippen molar-refractivity contribution in [2.24, 2.45) is 0 Å². The second-order valence-electron chi connectivity index (χ2n) is 2.59. The summed E-state index contributed by atoms with van der Waals surface area (Å²) in [5, 5.41) is 9.08. The van der Waals surface area contributed by atoms with Gasteiger partial charge in [-0.15, -0.1) is 0 Å². The molecule has 1 saturated heterocycles. The van der Waals surface area contributed by atoms with Crippen LogP contribution in [0.25, 0.3) is 0 Å². The van der Waals surface area contributed by atoms with E-state index in [1.165, 1.54) is 0 Å². The second kappa shape index (κ2) is 3.73. The Bertz CT molecular complexity index is 245. The Kier molecular flexibility index (Phi) is 3.05. The fraction of sp³-hybridized carbons (Fsp3) is 0.800. The largest absolute Gasteiger partial charge is 0.469 e. The molecule has 8 heteroatoms. The smallest absolute Gasteiger partial charge is 0.457 e. The minimum atomic E-state index is -4.57. The molecule has 0 aliphatic carbocycles. The van der Waals surface area contributed by atoms with Crippen LogP contribution in [-0.4, -0.2) is 39.7 Å². The lowest BCUT2D eigenvalue weighted by molar-refractivity contribution is -0.143. The molecule has 76 valence electrons. The molecule has 7 nitrogen and oxygen atoms in total. The lowest BCUT2D eigenvalue weighted by atomic mass is 10.2. The van der Waals surface area contributed by atoms with Crippen LogP contribution in [0.2, 0.25) is 0 Å². The van der Waals surface area contributed by atoms with Gasteiger partial charge in [-0.2, -0.15) is 0 Å². The first kappa shape index (κ1) is 10.6. The number of ether oxygens (including phenoxy) is 1. The molecule has 0 aromatic rings. The Morgan fingerprint density at radius 1 is 1.62 bits per heavy atom. The summed E-state index contributed by atoms with van der Waals surface area (Å²) in [5.41, 5.74) is 0. The highest BCUT2D eigenvalue weighted by Gasteiger charge is 2.34. The van der Waals surface area contributed by atoms with Crippen molar-refractivity contribution in [2.75, 3.05) is 6.61 Å². The zero-order chi connectivity index (χ0) is 10.1. The van der Waals surface area contributed by atoms with Crippen LogP contribution in [0.3, 0.4) is 0 Å². The Labute approximate surface area is 73.5 Å². The van der Waals surface area contributed by atoms with Crippen molar-refractivity contribution in [2.45, 2.75) is 18.6 Å². The van der Waals surface area contributed by atoms with E-state index in [0.717, 1.165) is 0 Å². The number of hydrogen-bond acceptors (Lipinski definition) is 5. The van der Waals surface area contributed by atoms with Crippen LogP contribution in [0.1, 0.15) is 6.42 Å². The van der Waals surface area contributed by atoms with Gasteiger partial charge in [0.25, 0.3) is 0 Å². The number of aliphatic hydroxyl groups is 1. The lowest BCUT2D eigenvalue weighted by Gasteiger charge is -2.13. The number of phosphoric acid groups is 1. The monoisotopic (exact) mass is 212 g/mol. The topological polar surface area (TPSA) is 113 Å². The molecule has 0 aromatic carbocycles. The molecule has 1 fully saturated rings. The SMILES string of the molecule is O=C1C[C@H](O)[C@@H](COP(=O)(O)O)O1. The van der Waals surface area contributed by atoms with Crippen molar-refractivity contribution >= 4 is 13.8 Å². The molecule has 0 spiro atoms. The quantitative estimate of drug-likeness (QED) is 0.396. The molecule has 13 heavy (non-hydrogen) atoms. The number of carbonyl (C=O) groups is 1. The summed E-state index contributed by atoms with van der Waals surface area (Å²) in [4.78, 5) is 27.2. The molecule has 0 amide bonds. The number of esters is 1. The van der Waals surface area contributed by atoms with E-state index in [2.05, 4.69) is 9.26 Å². The Morgan fingerprint density at radius 2 is 2.23 bits per heavy atom. The number of aliphatic hydroxyl groups excluding tert-OH is 1. The van der Waals surface area contributed by atoms with Crippen LogP contribution in [0.15, 0.2) is 0 Å². The molecule has 0 bridgehead atoms. The number of carbonyl (C=O) groups excluding carboxylic acids is 1. The van der Waals surface area contributed by atoms with E-state index in [1.54, 1.807) is 0 Å². The summed E-state index contributed by atoms with van der Waals surface area (Å²) < 4.78 is 18.8. The van der Waals surface area contributed by atoms with Crippen molar-refractivity contribution in [1.29, 1.82) is 0 Å². The molecular formula is C5H9O7P. The highest BCUT2D eigenvalue weighted by molar-refractivity contribution is 7.46. The molecule has 0 saturated carbocycles. The van der Waals surface area contributed by atoms with Crippen LogP contribution in [0, 0.1) is 0 Å². The van der Waals surface area contributed by atoms with Gasteiger partial charge < -0.3 is 19.6 Å². The summed E-state index contributed by atoms with van der Waals surface area (Å²) in [6, 6.07) is 0. The average molecular weight is 212 g/mol. The Balaban J connectivity index is 2.38. The number of phosphoric ester groups is 1. The number of hydrogen-bond donors (Lipinski definition) is 3. The molecular weight excluding hydrogens is 203 g/mol. The maximum absolute atomic E-state index is 10.6. The number of cyclic esters (lactones) is 1. The molecule has 0 unspecified atom stereocenters. The summed E-state index contributed by atoms with van der Waals surface area (Å²) >= 11 is 0. The van der Waals surface area contributed by atoms with E-state index in [9.17, 15) is 9.36 Å². The molecule has 1 heterocycles. The van der Waals surface area contributed by atoms with Gasteiger partial charge in [-0.05, 0) is 0 Å². The van der Waals surface area contributed by atoms with Gasteiger partial charge in [-0.25, -0.2) is 4.57 Å². The van der Waals surface area contributed by atoms with Gasteiger partial charge in [0, 0.05) is 0 Å². The van der Waals surface area contributed by atoms with Gasteiger partial charge >= 0.3 is 13.8 Å². The van der Waals surface area contributed by atoms with Gasteiger partial charge in [0.2, 0.25) is 0 Å². The van der Waals surface area contributed by atoms with Crippen molar-refractivity contribution in [3.8, 4) is 0 Å². The molecule has 0 aromatic heterocycles. The third-order valence-electron chi connectivity index (χ3n) is 1.49. The van der Waals surface area contributed by atoms with Crippen LogP contribution in [0.4, 0.5) is 0 Å². The van der Waals surface area contributed by atoms with Gasteiger partial charge in [0.15, 0.2) is 6.10 Å². The first-order valence-electron chi connectivity index (χ1n) is 3.46. The predicted octanol–water partition coefficient (Wildman–Crippen LogP) is -1.23. The molecule has 3 N–H and O–H groups in total. The molecule has 1 aliphatic rings. The highest BCUT2D eigenvalue weighted by atomic mass is 31.2. The molecule has 2 atom stereocenters. The number of rotatable bonds is 3. The highest BCUT2D eigenvalue weighted by Crippen LogP contribution is 2.36. The zero-order valence-electron chi connectivity index (χ0n) is 6.49. The van der Waals surface area contributed by atoms with E-state index < -0.39 is 32.6 Å². The normalized spacial score (nSPS) is 29.0. The summed E-state index contributed by atoms with van der Waals surface area (Å²) in [7, 11) is -4.57. The van der Waals surface area contributed by atoms with Crippen LogP contribution < -0.4 is 0 Å².